The number of benzene rings is 4. The van der Waals surface area contributed by atoms with E-state index in [1.165, 1.54) is 97.6 Å². The van der Waals surface area contributed by atoms with Crippen molar-refractivity contribution in [3.8, 4) is 22.3 Å². The van der Waals surface area contributed by atoms with Gasteiger partial charge in [0, 0.05) is 0 Å². The Morgan fingerprint density at radius 2 is 0.857 bits per heavy atom. The normalized spacial score (nSPS) is 22.0. The van der Waals surface area contributed by atoms with E-state index in [0.29, 0.717) is 0 Å². The van der Waals surface area contributed by atoms with E-state index in [9.17, 15) is 0 Å². The summed E-state index contributed by atoms with van der Waals surface area (Å²) in [5, 5.41) is 0. The van der Waals surface area contributed by atoms with Gasteiger partial charge >= 0.3 is 289 Å². The predicted molar refractivity (Wildman–Crippen MR) is 197 cm³/mol. The quantitative estimate of drug-likeness (QED) is 0.178. The first kappa shape index (κ1) is 35.2. The third-order valence-corrected chi connectivity index (χ3v) is 31.9. The fraction of sp³-hybridized carbons (Fsp3) is 0.391. The fourth-order valence-corrected chi connectivity index (χ4v) is 38.8. The minimum atomic E-state index is -3.02. The van der Waals surface area contributed by atoms with Crippen molar-refractivity contribution in [2.24, 2.45) is 11.8 Å². The Morgan fingerprint density at radius 3 is 1.22 bits per heavy atom. The second-order valence-corrected chi connectivity index (χ2v) is 32.5. The van der Waals surface area contributed by atoms with Crippen molar-refractivity contribution in [1.29, 1.82) is 0 Å². The van der Waals surface area contributed by atoms with Gasteiger partial charge in [0.15, 0.2) is 0 Å². The first-order chi connectivity index (χ1) is 23.1. The van der Waals surface area contributed by atoms with E-state index in [4.69, 9.17) is 0 Å². The van der Waals surface area contributed by atoms with Crippen LogP contribution >= 0.6 is 0 Å². The number of hydrogen-bond acceptors (Lipinski definition) is 0. The summed E-state index contributed by atoms with van der Waals surface area (Å²) in [4.78, 5) is 0. The molecule has 2 saturated carbocycles. The van der Waals surface area contributed by atoms with Crippen molar-refractivity contribution >= 4 is 12.2 Å². The van der Waals surface area contributed by atoms with E-state index >= 15 is 0 Å². The maximum absolute atomic E-state index is 3.02. The standard InChI is InChI=1S/2C22H23.C2H4.2ClH.Hf/c2*1-16-10-12-18(13-11-16)21-9-5-8-19-14-20(15-22(19)21)17-6-3-2-4-7-17;1-2;;;/h2*5,8-15,17H,2-4,6-7H2,1H3;1-2H2;2*1H;/q;;;;;+2/p-2. The Morgan fingerprint density at radius 1 is 0.469 bits per heavy atom. The van der Waals surface area contributed by atoms with Crippen LogP contribution in [0.25, 0.3) is 34.4 Å². The Balaban J connectivity index is 0.00000189. The summed E-state index contributed by atoms with van der Waals surface area (Å²) < 4.78 is 4.63. The minimum absolute atomic E-state index is 0. The molecule has 4 aromatic carbocycles. The summed E-state index contributed by atoms with van der Waals surface area (Å²) >= 11 is -3.02. The maximum atomic E-state index is 2.79. The zero-order valence-electron chi connectivity index (χ0n) is 29.3. The molecule has 0 radical (unpaired) electrons. The average Bonchev–Trinajstić information content (AvgIpc) is 3.64. The van der Waals surface area contributed by atoms with E-state index in [1.54, 1.807) is 30.6 Å². The number of rotatable bonds is 6. The van der Waals surface area contributed by atoms with Gasteiger partial charge in [-0.05, 0) is 0 Å². The Hall–Kier alpha value is -2.19. The first-order valence-electron chi connectivity index (χ1n) is 18.9. The van der Waals surface area contributed by atoms with Gasteiger partial charge in [-0.2, -0.15) is 0 Å². The van der Waals surface area contributed by atoms with Gasteiger partial charge in [0.05, 0.1) is 0 Å². The molecule has 1 aliphatic heterocycles. The molecule has 3 heteroatoms. The number of aryl methyl sites for hydroxylation is 2. The van der Waals surface area contributed by atoms with Gasteiger partial charge in [0.1, 0.15) is 0 Å². The average molecular weight is 852 g/mol. The molecule has 0 N–H and O–H groups in total. The van der Waals surface area contributed by atoms with Crippen LogP contribution in [0.15, 0.2) is 96.1 Å². The molecule has 9 rings (SSSR count). The molecule has 4 aliphatic carbocycles. The monoisotopic (exact) mass is 852 g/mol. The molecule has 0 bridgehead atoms. The van der Waals surface area contributed by atoms with Gasteiger partial charge in [0.25, 0.3) is 0 Å². The molecule has 252 valence electrons. The number of allylic oxidation sites excluding steroid dienone is 2. The Kier molecular flexibility index (Phi) is 10.4. The van der Waals surface area contributed by atoms with E-state index in [-0.39, 0.29) is 24.8 Å². The van der Waals surface area contributed by atoms with Crippen molar-refractivity contribution < 1.29 is 44.8 Å². The first-order valence-corrected chi connectivity index (χ1v) is 28.2. The topological polar surface area (TPSA) is 0 Å². The molecule has 1 heterocycles. The van der Waals surface area contributed by atoms with Crippen LogP contribution in [0.5, 0.6) is 0 Å². The molecule has 0 spiro atoms. The summed E-state index contributed by atoms with van der Waals surface area (Å²) in [6, 6.07) is 33.5. The summed E-state index contributed by atoms with van der Waals surface area (Å²) in [5.74, 6) is 1.57. The van der Waals surface area contributed by atoms with Crippen LogP contribution in [-0.4, -0.2) is 0 Å². The van der Waals surface area contributed by atoms with Crippen molar-refractivity contribution in [3.63, 3.8) is 0 Å². The molecule has 2 atom stereocenters. The number of hydrogen-bond donors (Lipinski definition) is 0. The van der Waals surface area contributed by atoms with Gasteiger partial charge in [-0.25, -0.2) is 0 Å². The number of halogens is 2. The molecular formula is C46H50Cl2Hf. The van der Waals surface area contributed by atoms with Crippen molar-refractivity contribution in [2.45, 2.75) is 93.8 Å². The predicted octanol–water partition coefficient (Wildman–Crippen LogP) is 7.39. The fourth-order valence-electron chi connectivity index (χ4n) is 10.6. The molecule has 2 unspecified atom stereocenters. The maximum Gasteiger partial charge on any atom is -1.00 e. The van der Waals surface area contributed by atoms with Gasteiger partial charge in [0.2, 0.25) is 0 Å². The van der Waals surface area contributed by atoms with Crippen LogP contribution < -0.4 is 24.8 Å². The summed E-state index contributed by atoms with van der Waals surface area (Å²) in [6.45, 7) is 4.42. The Labute approximate surface area is 312 Å². The molecular weight excluding hydrogens is 802 g/mol. The SMILES string of the molecule is Cc1ccc(-c2cccc3c2C=C(C2CCCCC2)[CH]3[Hf+2]2([CH]3C(C4CCCCC4)=Cc4c(-c5ccc(C)cc5)cccc43)[CH2][CH2]2)cc1.[Cl-].[Cl-]. The summed E-state index contributed by atoms with van der Waals surface area (Å²) in [6.07, 6.45) is 19.7. The van der Waals surface area contributed by atoms with Crippen LogP contribution in [-0.2, 0) is 20.0 Å². The Bertz CT molecular complexity index is 1730. The van der Waals surface area contributed by atoms with Crippen molar-refractivity contribution in [2.75, 3.05) is 0 Å². The molecule has 4 aromatic rings. The molecule has 0 aromatic heterocycles. The van der Waals surface area contributed by atoms with Crippen LogP contribution in [0, 0.1) is 25.7 Å². The molecule has 49 heavy (non-hydrogen) atoms. The van der Waals surface area contributed by atoms with Gasteiger partial charge in [-0.1, -0.05) is 0 Å². The second kappa shape index (κ2) is 14.4. The molecule has 5 aliphatic rings. The van der Waals surface area contributed by atoms with Crippen LogP contribution in [0.2, 0.25) is 8.35 Å². The largest absolute Gasteiger partial charge is 1.00 e. The zero-order valence-corrected chi connectivity index (χ0v) is 34.4. The molecule has 3 fully saturated rings. The minimum Gasteiger partial charge on any atom is -1.00 e. The van der Waals surface area contributed by atoms with Crippen LogP contribution in [0.4, 0.5) is 0 Å². The third kappa shape index (κ3) is 6.23. The number of fused-ring (bicyclic) bond motifs is 2. The van der Waals surface area contributed by atoms with Crippen LogP contribution in [0.3, 0.4) is 0 Å². The summed E-state index contributed by atoms with van der Waals surface area (Å²) in [7, 11) is 0. The van der Waals surface area contributed by atoms with E-state index in [0.717, 1.165) is 19.2 Å². The van der Waals surface area contributed by atoms with Crippen LogP contribution in [0.1, 0.15) is 105 Å². The van der Waals surface area contributed by atoms with E-state index < -0.39 is 20.0 Å². The zero-order chi connectivity index (χ0) is 31.5. The van der Waals surface area contributed by atoms with Crippen molar-refractivity contribution in [1.82, 2.24) is 0 Å². The third-order valence-electron chi connectivity index (χ3n) is 13.0. The molecule has 0 amide bonds. The molecule has 0 nitrogen and oxygen atoms in total. The molecule has 1 saturated heterocycles. The van der Waals surface area contributed by atoms with E-state index in [1.807, 2.05) is 11.1 Å². The van der Waals surface area contributed by atoms with Crippen molar-refractivity contribution in [3.05, 3.63) is 129 Å². The van der Waals surface area contributed by atoms with E-state index in [2.05, 4.69) is 111 Å². The van der Waals surface area contributed by atoms with Gasteiger partial charge in [-0.15, -0.1) is 0 Å². The summed E-state index contributed by atoms with van der Waals surface area (Å²) in [5.41, 5.74) is 18.8. The smallest absolute Gasteiger partial charge is 1.00 e. The van der Waals surface area contributed by atoms with Gasteiger partial charge in [-0.3, -0.25) is 0 Å². The second-order valence-electron chi connectivity index (χ2n) is 15.9. The van der Waals surface area contributed by atoms with Gasteiger partial charge < -0.3 is 24.8 Å².